The summed E-state index contributed by atoms with van der Waals surface area (Å²) >= 11 is 5.98. The third kappa shape index (κ3) is 2.95. The number of fused-ring (bicyclic) bond motifs is 1. The third-order valence-corrected chi connectivity index (χ3v) is 4.29. The molecule has 0 atom stereocenters. The molecule has 0 radical (unpaired) electrons. The van der Waals surface area contributed by atoms with Crippen LogP contribution in [0, 0.1) is 0 Å². The number of rotatable bonds is 2. The van der Waals surface area contributed by atoms with Crippen molar-refractivity contribution in [3.63, 3.8) is 0 Å². The van der Waals surface area contributed by atoms with E-state index in [-0.39, 0.29) is 22.3 Å². The Kier molecular flexibility index (Phi) is 4.44. The van der Waals surface area contributed by atoms with E-state index in [4.69, 9.17) is 11.6 Å². The molecule has 3 heterocycles. The molecule has 2 aromatic rings. The summed E-state index contributed by atoms with van der Waals surface area (Å²) in [7, 11) is 0. The number of alkyl halides is 3. The molecule has 0 spiro atoms. The van der Waals surface area contributed by atoms with Gasteiger partial charge in [0.05, 0.1) is 16.3 Å². The molecule has 9 heteroatoms. The molecule has 0 unspecified atom stereocenters. The van der Waals surface area contributed by atoms with Crippen molar-refractivity contribution in [2.45, 2.75) is 19.5 Å². The monoisotopic (exact) mass is 360 g/mol. The van der Waals surface area contributed by atoms with Crippen molar-refractivity contribution in [1.82, 2.24) is 19.6 Å². The lowest BCUT2D eigenvalue weighted by molar-refractivity contribution is -0.137. The number of aromatic nitrogens is 2. The highest BCUT2D eigenvalue weighted by Crippen LogP contribution is 2.33. The molecule has 1 fully saturated rings. The van der Waals surface area contributed by atoms with Crippen LogP contribution >= 0.6 is 11.6 Å². The minimum absolute atomic E-state index is 0.126. The summed E-state index contributed by atoms with van der Waals surface area (Å²) in [4.78, 5) is 18.7. The summed E-state index contributed by atoms with van der Waals surface area (Å²) in [6.45, 7) is 4.11. The van der Waals surface area contributed by atoms with Crippen molar-refractivity contribution >= 4 is 23.2 Å². The topological polar surface area (TPSA) is 49.6 Å². The molecule has 0 aromatic carbocycles. The Bertz CT molecular complexity index is 781. The summed E-state index contributed by atoms with van der Waals surface area (Å²) < 4.78 is 40.4. The number of carbonyl (C=O) groups excluding carboxylic acids is 1. The molecule has 1 amide bonds. The molecular weight excluding hydrogens is 345 g/mol. The first-order valence-electron chi connectivity index (χ1n) is 7.60. The summed E-state index contributed by atoms with van der Waals surface area (Å²) in [5, 5.41) is 3.01. The average molecular weight is 361 g/mol. The average Bonchev–Trinajstić information content (AvgIpc) is 2.93. The normalized spacial score (nSPS) is 16.0. The molecule has 1 aliphatic rings. The van der Waals surface area contributed by atoms with E-state index in [0.29, 0.717) is 38.3 Å². The van der Waals surface area contributed by atoms with E-state index in [0.717, 1.165) is 12.3 Å². The van der Waals surface area contributed by atoms with Gasteiger partial charge in [-0.2, -0.15) is 13.2 Å². The van der Waals surface area contributed by atoms with Crippen molar-refractivity contribution in [2.75, 3.05) is 26.2 Å². The number of imidazole rings is 1. The van der Waals surface area contributed by atoms with Crippen LogP contribution in [0.3, 0.4) is 0 Å². The maximum Gasteiger partial charge on any atom is 0.417 e. The van der Waals surface area contributed by atoms with Gasteiger partial charge in [-0.3, -0.25) is 9.20 Å². The second-order valence-corrected chi connectivity index (χ2v) is 5.98. The van der Waals surface area contributed by atoms with E-state index in [1.807, 2.05) is 0 Å². The Balaban J connectivity index is 2.17. The molecule has 0 saturated carbocycles. The first-order chi connectivity index (χ1) is 11.3. The number of halogens is 4. The van der Waals surface area contributed by atoms with Crippen LogP contribution in [-0.4, -0.2) is 46.4 Å². The van der Waals surface area contributed by atoms with Crippen LogP contribution < -0.4 is 5.32 Å². The molecule has 1 N–H and O–H groups in total. The maximum atomic E-state index is 13.1. The third-order valence-electron chi connectivity index (χ3n) is 4.02. The minimum Gasteiger partial charge on any atom is -0.335 e. The van der Waals surface area contributed by atoms with E-state index in [1.54, 1.807) is 11.8 Å². The summed E-state index contributed by atoms with van der Waals surface area (Å²) in [6, 6.07) is 0.836. The predicted molar refractivity (Wildman–Crippen MR) is 83.4 cm³/mol. The highest BCUT2D eigenvalue weighted by atomic mass is 35.5. The molecule has 5 nitrogen and oxygen atoms in total. The largest absolute Gasteiger partial charge is 0.417 e. The van der Waals surface area contributed by atoms with Crippen LogP contribution in [-0.2, 0) is 12.6 Å². The summed E-state index contributed by atoms with van der Waals surface area (Å²) in [6.07, 6.45) is -3.24. The number of nitrogens with one attached hydrogen (secondary N) is 1. The van der Waals surface area contributed by atoms with Gasteiger partial charge in [0.2, 0.25) is 0 Å². The molecule has 1 aliphatic heterocycles. The van der Waals surface area contributed by atoms with E-state index in [9.17, 15) is 18.0 Å². The van der Waals surface area contributed by atoms with Crippen molar-refractivity contribution < 1.29 is 18.0 Å². The summed E-state index contributed by atoms with van der Waals surface area (Å²) in [5.74, 6) is -0.323. The van der Waals surface area contributed by atoms with Gasteiger partial charge in [-0.1, -0.05) is 18.5 Å². The molecule has 0 aliphatic carbocycles. The van der Waals surface area contributed by atoms with Crippen LogP contribution in [0.1, 0.15) is 28.7 Å². The van der Waals surface area contributed by atoms with Crippen LogP contribution in [0.25, 0.3) is 5.65 Å². The smallest absolute Gasteiger partial charge is 0.335 e. The van der Waals surface area contributed by atoms with Gasteiger partial charge in [-0.05, 0) is 12.5 Å². The molecule has 3 rings (SSSR count). The van der Waals surface area contributed by atoms with Gasteiger partial charge in [-0.15, -0.1) is 0 Å². The quantitative estimate of drug-likeness (QED) is 0.895. The summed E-state index contributed by atoms with van der Waals surface area (Å²) in [5.41, 5.74) is -0.142. The molecule has 24 heavy (non-hydrogen) atoms. The van der Waals surface area contributed by atoms with Gasteiger partial charge in [-0.25, -0.2) is 4.98 Å². The van der Waals surface area contributed by atoms with E-state index >= 15 is 0 Å². The predicted octanol–water partition coefficient (Wildman–Crippen LogP) is 2.61. The highest BCUT2D eigenvalue weighted by Gasteiger charge is 2.33. The Morgan fingerprint density at radius 3 is 2.62 bits per heavy atom. The van der Waals surface area contributed by atoms with Gasteiger partial charge in [0.25, 0.3) is 5.91 Å². The van der Waals surface area contributed by atoms with Crippen LogP contribution in [0.15, 0.2) is 12.3 Å². The second kappa shape index (κ2) is 6.25. The van der Waals surface area contributed by atoms with Gasteiger partial charge >= 0.3 is 6.18 Å². The number of carbonyl (C=O) groups is 1. The van der Waals surface area contributed by atoms with Crippen LogP contribution in [0.2, 0.25) is 5.02 Å². The lowest BCUT2D eigenvalue weighted by atomic mass is 10.2. The maximum absolute atomic E-state index is 13.1. The van der Waals surface area contributed by atoms with Crippen molar-refractivity contribution in [3.05, 3.63) is 34.2 Å². The zero-order valence-electron chi connectivity index (χ0n) is 13.0. The number of hydrogen-bond acceptors (Lipinski definition) is 3. The number of aryl methyl sites for hydroxylation is 1. The van der Waals surface area contributed by atoms with E-state index in [2.05, 4.69) is 10.3 Å². The molecule has 2 aromatic heterocycles. The number of pyridine rings is 1. The first-order valence-corrected chi connectivity index (χ1v) is 7.98. The number of amides is 1. The number of hydrogen-bond donors (Lipinski definition) is 1. The Morgan fingerprint density at radius 2 is 2.04 bits per heavy atom. The standard InChI is InChI=1S/C15H16ClF3N4O/c1-2-11-12(14(24)22-5-3-20-4-6-22)23-8-9(15(17,18)19)7-10(16)13(23)21-11/h7-8,20H,2-6H2,1H3. The van der Waals surface area contributed by atoms with E-state index in [1.165, 1.54) is 4.40 Å². The second-order valence-electron chi connectivity index (χ2n) is 5.57. The number of piperazine rings is 1. The van der Waals surface area contributed by atoms with Crippen molar-refractivity contribution in [3.8, 4) is 0 Å². The Morgan fingerprint density at radius 1 is 1.38 bits per heavy atom. The van der Waals surface area contributed by atoms with Crippen molar-refractivity contribution in [1.29, 1.82) is 0 Å². The van der Waals surface area contributed by atoms with Gasteiger partial charge < -0.3 is 10.2 Å². The first kappa shape index (κ1) is 17.0. The van der Waals surface area contributed by atoms with Crippen molar-refractivity contribution in [2.24, 2.45) is 0 Å². The Labute approximate surface area is 141 Å². The highest BCUT2D eigenvalue weighted by molar-refractivity contribution is 6.33. The molecule has 1 saturated heterocycles. The molecule has 130 valence electrons. The minimum atomic E-state index is -4.55. The fourth-order valence-electron chi connectivity index (χ4n) is 2.80. The van der Waals surface area contributed by atoms with Gasteiger partial charge in [0, 0.05) is 32.4 Å². The zero-order chi connectivity index (χ0) is 17.5. The molecule has 0 bridgehead atoms. The fraction of sp³-hybridized carbons (Fsp3) is 0.467. The lowest BCUT2D eigenvalue weighted by Gasteiger charge is -2.27. The van der Waals surface area contributed by atoms with E-state index < -0.39 is 11.7 Å². The molecular formula is C15H16ClF3N4O. The lowest BCUT2D eigenvalue weighted by Crippen LogP contribution is -2.46. The van der Waals surface area contributed by atoms with Crippen LogP contribution in [0.5, 0.6) is 0 Å². The van der Waals surface area contributed by atoms with Gasteiger partial charge in [0.1, 0.15) is 5.69 Å². The fourth-order valence-corrected chi connectivity index (χ4v) is 3.05. The number of nitrogens with zero attached hydrogens (tertiary/aromatic N) is 3. The zero-order valence-corrected chi connectivity index (χ0v) is 13.7. The Hall–Kier alpha value is -1.80. The SMILES string of the molecule is CCc1nc2c(Cl)cc(C(F)(F)F)cn2c1C(=O)N1CCNCC1. The van der Waals surface area contributed by atoms with Crippen LogP contribution in [0.4, 0.5) is 13.2 Å². The van der Waals surface area contributed by atoms with Gasteiger partial charge in [0.15, 0.2) is 5.65 Å².